The summed E-state index contributed by atoms with van der Waals surface area (Å²) in [4.78, 5) is 4.89. The zero-order chi connectivity index (χ0) is 12.1. The highest BCUT2D eigenvalue weighted by Crippen LogP contribution is 2.10. The Morgan fingerprint density at radius 3 is 2.71 bits per heavy atom. The average molecular weight is 230 g/mol. The summed E-state index contributed by atoms with van der Waals surface area (Å²) in [5.41, 5.74) is 1.44. The predicted octanol–water partition coefficient (Wildman–Crippen LogP) is 2.38. The summed E-state index contributed by atoms with van der Waals surface area (Å²) in [6.07, 6.45) is 3.13. The van der Waals surface area contributed by atoms with Crippen molar-refractivity contribution in [3.63, 3.8) is 0 Å². The molecule has 0 aliphatic carbocycles. The second-order valence-corrected chi connectivity index (χ2v) is 4.81. The molecular weight excluding hydrogens is 208 g/mol. The Hall–Kier alpha value is -1.28. The maximum atomic E-state index is 3.86. The Labute approximate surface area is 105 Å². The topological polar surface area (TPSA) is 6.48 Å². The van der Waals surface area contributed by atoms with Gasteiger partial charge in [-0.3, -0.25) is 4.90 Å². The number of rotatable bonds is 4. The second-order valence-electron chi connectivity index (χ2n) is 4.81. The normalized spacial score (nSPS) is 21.5. The third-order valence-corrected chi connectivity index (χ3v) is 3.56. The maximum Gasteiger partial charge on any atom is 0.0383 e. The van der Waals surface area contributed by atoms with E-state index in [1.165, 1.54) is 12.1 Å². The molecule has 0 radical (unpaired) electrons. The first-order valence-corrected chi connectivity index (χ1v) is 6.44. The minimum Gasteiger partial charge on any atom is -0.373 e. The molecule has 1 aromatic rings. The Bertz CT molecular complexity index is 347. The van der Waals surface area contributed by atoms with E-state index >= 15 is 0 Å². The third kappa shape index (κ3) is 3.34. The first-order valence-electron chi connectivity index (χ1n) is 6.44. The fourth-order valence-electron chi connectivity index (χ4n) is 2.45. The molecule has 0 saturated carbocycles. The van der Waals surface area contributed by atoms with Gasteiger partial charge in [0.25, 0.3) is 0 Å². The predicted molar refractivity (Wildman–Crippen MR) is 73.0 cm³/mol. The van der Waals surface area contributed by atoms with Gasteiger partial charge >= 0.3 is 0 Å². The Morgan fingerprint density at radius 2 is 2.06 bits per heavy atom. The molecule has 1 fully saturated rings. The van der Waals surface area contributed by atoms with E-state index in [4.69, 9.17) is 0 Å². The quantitative estimate of drug-likeness (QED) is 0.783. The SMILES string of the molecule is C=CN1CCN(CCc2ccccc2)C[C@H]1C. The summed E-state index contributed by atoms with van der Waals surface area (Å²) in [7, 11) is 0. The summed E-state index contributed by atoms with van der Waals surface area (Å²) in [5, 5.41) is 0. The van der Waals surface area contributed by atoms with Crippen molar-refractivity contribution in [2.75, 3.05) is 26.2 Å². The molecule has 2 rings (SSSR count). The fraction of sp³-hybridized carbons (Fsp3) is 0.467. The van der Waals surface area contributed by atoms with E-state index < -0.39 is 0 Å². The van der Waals surface area contributed by atoms with Crippen LogP contribution in [0.15, 0.2) is 43.1 Å². The summed E-state index contributed by atoms with van der Waals surface area (Å²) < 4.78 is 0. The van der Waals surface area contributed by atoms with Gasteiger partial charge in [-0.1, -0.05) is 36.9 Å². The molecule has 1 aliphatic heterocycles. The number of benzene rings is 1. The van der Waals surface area contributed by atoms with E-state index in [2.05, 4.69) is 53.6 Å². The summed E-state index contributed by atoms with van der Waals surface area (Å²) in [6.45, 7) is 10.7. The molecule has 1 atom stereocenters. The molecule has 0 bridgehead atoms. The summed E-state index contributed by atoms with van der Waals surface area (Å²) in [6, 6.07) is 11.3. The van der Waals surface area contributed by atoms with Crippen molar-refractivity contribution in [3.8, 4) is 0 Å². The molecule has 1 aromatic carbocycles. The van der Waals surface area contributed by atoms with Crippen molar-refractivity contribution < 1.29 is 0 Å². The van der Waals surface area contributed by atoms with Crippen LogP contribution in [-0.4, -0.2) is 42.0 Å². The Balaban J connectivity index is 1.79. The van der Waals surface area contributed by atoms with Crippen LogP contribution in [0.2, 0.25) is 0 Å². The molecule has 1 saturated heterocycles. The molecule has 0 spiro atoms. The van der Waals surface area contributed by atoms with Crippen LogP contribution in [0.3, 0.4) is 0 Å². The highest BCUT2D eigenvalue weighted by Gasteiger charge is 2.20. The minimum atomic E-state index is 0.594. The third-order valence-electron chi connectivity index (χ3n) is 3.56. The van der Waals surface area contributed by atoms with Crippen molar-refractivity contribution in [1.29, 1.82) is 0 Å². The number of piperazine rings is 1. The van der Waals surface area contributed by atoms with Gasteiger partial charge in [0, 0.05) is 32.2 Å². The zero-order valence-corrected chi connectivity index (χ0v) is 10.7. The second kappa shape index (κ2) is 5.87. The van der Waals surface area contributed by atoms with E-state index in [1.807, 2.05) is 6.20 Å². The van der Waals surface area contributed by atoms with Crippen LogP contribution in [0.5, 0.6) is 0 Å². The van der Waals surface area contributed by atoms with Gasteiger partial charge in [-0.05, 0) is 25.1 Å². The molecule has 0 N–H and O–H groups in total. The fourth-order valence-corrected chi connectivity index (χ4v) is 2.45. The van der Waals surface area contributed by atoms with Crippen molar-refractivity contribution in [2.24, 2.45) is 0 Å². The molecular formula is C15H22N2. The first kappa shape index (κ1) is 12.2. The van der Waals surface area contributed by atoms with Crippen LogP contribution in [0.4, 0.5) is 0 Å². The van der Waals surface area contributed by atoms with Crippen molar-refractivity contribution in [3.05, 3.63) is 48.7 Å². The number of nitrogens with zero attached hydrogens (tertiary/aromatic N) is 2. The van der Waals surface area contributed by atoms with Gasteiger partial charge in [-0.15, -0.1) is 0 Å². The van der Waals surface area contributed by atoms with Gasteiger partial charge in [0.2, 0.25) is 0 Å². The van der Waals surface area contributed by atoms with Crippen LogP contribution in [-0.2, 0) is 6.42 Å². The van der Waals surface area contributed by atoms with E-state index in [-0.39, 0.29) is 0 Å². The van der Waals surface area contributed by atoms with Crippen LogP contribution in [0, 0.1) is 0 Å². The van der Waals surface area contributed by atoms with E-state index in [9.17, 15) is 0 Å². The molecule has 2 nitrogen and oxygen atoms in total. The minimum absolute atomic E-state index is 0.594. The van der Waals surface area contributed by atoms with Crippen LogP contribution in [0.25, 0.3) is 0 Å². The molecule has 2 heteroatoms. The van der Waals surface area contributed by atoms with Gasteiger partial charge in [-0.25, -0.2) is 0 Å². The summed E-state index contributed by atoms with van der Waals surface area (Å²) in [5.74, 6) is 0. The number of hydrogen-bond donors (Lipinski definition) is 0. The van der Waals surface area contributed by atoms with E-state index in [0.29, 0.717) is 6.04 Å². The van der Waals surface area contributed by atoms with Crippen LogP contribution >= 0.6 is 0 Å². The molecule has 0 aromatic heterocycles. The molecule has 0 unspecified atom stereocenters. The van der Waals surface area contributed by atoms with Crippen molar-refractivity contribution in [1.82, 2.24) is 9.80 Å². The Morgan fingerprint density at radius 1 is 1.29 bits per heavy atom. The largest absolute Gasteiger partial charge is 0.373 e. The zero-order valence-electron chi connectivity index (χ0n) is 10.7. The van der Waals surface area contributed by atoms with E-state index in [1.54, 1.807) is 0 Å². The van der Waals surface area contributed by atoms with Crippen molar-refractivity contribution >= 4 is 0 Å². The maximum absolute atomic E-state index is 3.86. The van der Waals surface area contributed by atoms with Gasteiger partial charge in [-0.2, -0.15) is 0 Å². The van der Waals surface area contributed by atoms with Gasteiger partial charge in [0.1, 0.15) is 0 Å². The standard InChI is InChI=1S/C15H22N2/c1-3-17-12-11-16(13-14(17)2)10-9-15-7-5-4-6-8-15/h3-8,14H,1,9-13H2,2H3/t14-/m1/s1. The summed E-state index contributed by atoms with van der Waals surface area (Å²) >= 11 is 0. The smallest absolute Gasteiger partial charge is 0.0383 e. The monoisotopic (exact) mass is 230 g/mol. The molecule has 92 valence electrons. The molecule has 1 heterocycles. The Kier molecular flexibility index (Phi) is 4.21. The molecule has 1 aliphatic rings. The van der Waals surface area contributed by atoms with Crippen molar-refractivity contribution in [2.45, 2.75) is 19.4 Å². The van der Waals surface area contributed by atoms with Gasteiger partial charge in [0.05, 0.1) is 0 Å². The lowest BCUT2D eigenvalue weighted by atomic mass is 10.1. The highest BCUT2D eigenvalue weighted by atomic mass is 15.3. The lowest BCUT2D eigenvalue weighted by Gasteiger charge is -2.39. The lowest BCUT2D eigenvalue weighted by molar-refractivity contribution is 0.122. The molecule has 0 amide bonds. The van der Waals surface area contributed by atoms with Crippen LogP contribution in [0.1, 0.15) is 12.5 Å². The lowest BCUT2D eigenvalue weighted by Crippen LogP contribution is -2.49. The van der Waals surface area contributed by atoms with Crippen LogP contribution < -0.4 is 0 Å². The van der Waals surface area contributed by atoms with Gasteiger partial charge in [0.15, 0.2) is 0 Å². The number of hydrogen-bond acceptors (Lipinski definition) is 2. The first-order chi connectivity index (χ1) is 8.29. The average Bonchev–Trinajstić information content (AvgIpc) is 2.38. The molecule has 17 heavy (non-hydrogen) atoms. The van der Waals surface area contributed by atoms with E-state index in [0.717, 1.165) is 26.1 Å². The van der Waals surface area contributed by atoms with Gasteiger partial charge < -0.3 is 4.90 Å². The highest BCUT2D eigenvalue weighted by molar-refractivity contribution is 5.14.